The van der Waals surface area contributed by atoms with Gasteiger partial charge in [-0.3, -0.25) is 14.5 Å². The molecule has 1 aromatic rings. The van der Waals surface area contributed by atoms with Crippen molar-refractivity contribution >= 4 is 17.5 Å². The van der Waals surface area contributed by atoms with Crippen LogP contribution in [0.2, 0.25) is 0 Å². The van der Waals surface area contributed by atoms with E-state index < -0.39 is 0 Å². The first kappa shape index (κ1) is 16.5. The lowest BCUT2D eigenvalue weighted by atomic mass is 9.89. The van der Waals surface area contributed by atoms with E-state index in [4.69, 9.17) is 4.74 Å². The van der Waals surface area contributed by atoms with Crippen LogP contribution in [0.25, 0.3) is 0 Å². The minimum atomic E-state index is -0.0127. The predicted molar refractivity (Wildman–Crippen MR) is 95.0 cm³/mol. The molecular weight excluding hydrogens is 318 g/mol. The Balaban J connectivity index is 1.44. The van der Waals surface area contributed by atoms with Crippen molar-refractivity contribution in [1.82, 2.24) is 10.2 Å². The lowest BCUT2D eigenvalue weighted by Crippen LogP contribution is -2.41. The number of morpholine rings is 1. The van der Waals surface area contributed by atoms with Crippen molar-refractivity contribution in [1.29, 1.82) is 0 Å². The maximum absolute atomic E-state index is 12.6. The second-order valence-corrected chi connectivity index (χ2v) is 7.00. The van der Waals surface area contributed by atoms with Gasteiger partial charge in [0.05, 0.1) is 18.9 Å². The SMILES string of the molecule is O=C(NCCN1CCOCC1)c1cc2c3c(c1)CCC(=O)N3CCC2. The van der Waals surface area contributed by atoms with Crippen molar-refractivity contribution in [2.75, 3.05) is 50.8 Å². The molecule has 6 nitrogen and oxygen atoms in total. The average Bonchev–Trinajstić information content (AvgIpc) is 2.65. The third kappa shape index (κ3) is 3.41. The molecule has 3 aliphatic rings. The molecule has 1 fully saturated rings. The zero-order chi connectivity index (χ0) is 17.2. The van der Waals surface area contributed by atoms with Crippen LogP contribution in [0.15, 0.2) is 12.1 Å². The largest absolute Gasteiger partial charge is 0.379 e. The van der Waals surface area contributed by atoms with Gasteiger partial charge in [0.2, 0.25) is 5.91 Å². The Morgan fingerprint density at radius 2 is 1.84 bits per heavy atom. The highest BCUT2D eigenvalue weighted by Crippen LogP contribution is 2.36. The van der Waals surface area contributed by atoms with E-state index >= 15 is 0 Å². The number of ether oxygens (including phenoxy) is 1. The molecule has 0 aromatic heterocycles. The molecular formula is C19H25N3O3. The number of amides is 2. The molecule has 6 heteroatoms. The first-order valence-corrected chi connectivity index (χ1v) is 9.27. The van der Waals surface area contributed by atoms with Gasteiger partial charge in [-0.25, -0.2) is 0 Å². The van der Waals surface area contributed by atoms with Crippen LogP contribution in [0.1, 0.15) is 34.3 Å². The predicted octanol–water partition coefficient (Wildman–Crippen LogP) is 0.974. The minimum Gasteiger partial charge on any atom is -0.379 e. The molecule has 1 aromatic carbocycles. The first-order chi connectivity index (χ1) is 12.2. The Morgan fingerprint density at radius 3 is 2.64 bits per heavy atom. The molecule has 2 amide bonds. The molecule has 1 saturated heterocycles. The van der Waals surface area contributed by atoms with Crippen molar-refractivity contribution in [2.24, 2.45) is 0 Å². The van der Waals surface area contributed by atoms with E-state index in [-0.39, 0.29) is 11.8 Å². The van der Waals surface area contributed by atoms with Gasteiger partial charge in [0.25, 0.3) is 5.91 Å². The van der Waals surface area contributed by atoms with Gasteiger partial charge >= 0.3 is 0 Å². The zero-order valence-electron chi connectivity index (χ0n) is 14.6. The summed E-state index contributed by atoms with van der Waals surface area (Å²) >= 11 is 0. The monoisotopic (exact) mass is 343 g/mol. The number of carbonyl (C=O) groups is 2. The topological polar surface area (TPSA) is 61.9 Å². The van der Waals surface area contributed by atoms with Crippen LogP contribution in [0.5, 0.6) is 0 Å². The van der Waals surface area contributed by atoms with E-state index in [1.807, 2.05) is 17.0 Å². The smallest absolute Gasteiger partial charge is 0.251 e. The third-order valence-corrected chi connectivity index (χ3v) is 5.35. The van der Waals surface area contributed by atoms with Gasteiger partial charge in [-0.05, 0) is 42.5 Å². The van der Waals surface area contributed by atoms with Crippen LogP contribution < -0.4 is 10.2 Å². The maximum atomic E-state index is 12.6. The lowest BCUT2D eigenvalue weighted by Gasteiger charge is -2.35. The Morgan fingerprint density at radius 1 is 1.08 bits per heavy atom. The van der Waals surface area contributed by atoms with Gasteiger partial charge in [0.15, 0.2) is 0 Å². The molecule has 0 spiro atoms. The van der Waals surface area contributed by atoms with E-state index in [0.29, 0.717) is 13.0 Å². The van der Waals surface area contributed by atoms with E-state index in [2.05, 4.69) is 10.2 Å². The number of nitrogens with one attached hydrogen (secondary N) is 1. The molecule has 0 saturated carbocycles. The van der Waals surface area contributed by atoms with Crippen LogP contribution in [-0.2, 0) is 22.4 Å². The molecule has 25 heavy (non-hydrogen) atoms. The Labute approximate surface area is 148 Å². The van der Waals surface area contributed by atoms with Gasteiger partial charge in [-0.2, -0.15) is 0 Å². The normalized spacial score (nSPS) is 20.3. The number of hydrogen-bond acceptors (Lipinski definition) is 4. The molecule has 0 radical (unpaired) electrons. The summed E-state index contributed by atoms with van der Waals surface area (Å²) in [6.45, 7) is 5.73. The molecule has 134 valence electrons. The standard InChI is InChI=1S/C19H25N3O3/c23-17-4-3-15-13-16(12-14-2-1-6-22(17)18(14)15)19(24)20-5-7-21-8-10-25-11-9-21/h12-13H,1-11H2,(H,20,24). The van der Waals surface area contributed by atoms with E-state index in [9.17, 15) is 9.59 Å². The molecule has 0 unspecified atom stereocenters. The minimum absolute atomic E-state index is 0.0127. The third-order valence-electron chi connectivity index (χ3n) is 5.35. The first-order valence-electron chi connectivity index (χ1n) is 9.27. The molecule has 4 rings (SSSR count). The average molecular weight is 343 g/mol. The fourth-order valence-electron chi connectivity index (χ4n) is 4.04. The van der Waals surface area contributed by atoms with Crippen LogP contribution in [0.4, 0.5) is 5.69 Å². The Hall–Kier alpha value is -1.92. The molecule has 3 heterocycles. The number of nitrogens with zero attached hydrogens (tertiary/aromatic N) is 2. The van der Waals surface area contributed by atoms with Crippen molar-refractivity contribution in [2.45, 2.75) is 25.7 Å². The maximum Gasteiger partial charge on any atom is 0.251 e. The second kappa shape index (κ2) is 7.14. The van der Waals surface area contributed by atoms with Gasteiger partial charge in [0.1, 0.15) is 0 Å². The van der Waals surface area contributed by atoms with Crippen LogP contribution in [0.3, 0.4) is 0 Å². The zero-order valence-corrected chi connectivity index (χ0v) is 14.6. The fraction of sp³-hybridized carbons (Fsp3) is 0.579. The second-order valence-electron chi connectivity index (χ2n) is 7.00. The molecule has 1 N–H and O–H groups in total. The highest BCUT2D eigenvalue weighted by molar-refractivity contribution is 6.00. The number of rotatable bonds is 4. The summed E-state index contributed by atoms with van der Waals surface area (Å²) in [5.41, 5.74) is 4.10. The number of hydrogen-bond donors (Lipinski definition) is 1. The highest BCUT2D eigenvalue weighted by atomic mass is 16.5. The summed E-state index contributed by atoms with van der Waals surface area (Å²) in [6, 6.07) is 3.96. The summed E-state index contributed by atoms with van der Waals surface area (Å²) in [5, 5.41) is 3.04. The van der Waals surface area contributed by atoms with Gasteiger partial charge in [0, 0.05) is 44.7 Å². The van der Waals surface area contributed by atoms with Gasteiger partial charge in [-0.1, -0.05) is 0 Å². The molecule has 0 bridgehead atoms. The number of benzene rings is 1. The van der Waals surface area contributed by atoms with Crippen molar-refractivity contribution in [3.63, 3.8) is 0 Å². The van der Waals surface area contributed by atoms with Gasteiger partial charge in [-0.15, -0.1) is 0 Å². The number of anilines is 1. The highest BCUT2D eigenvalue weighted by Gasteiger charge is 2.30. The van der Waals surface area contributed by atoms with E-state index in [1.54, 1.807) is 0 Å². The summed E-state index contributed by atoms with van der Waals surface area (Å²) in [7, 11) is 0. The Bertz CT molecular complexity index is 665. The quantitative estimate of drug-likeness (QED) is 0.885. The number of aryl methyl sites for hydroxylation is 2. The van der Waals surface area contributed by atoms with E-state index in [0.717, 1.165) is 81.0 Å². The van der Waals surface area contributed by atoms with E-state index in [1.165, 1.54) is 0 Å². The molecule has 3 aliphatic heterocycles. The molecule has 0 atom stereocenters. The number of carbonyl (C=O) groups excluding carboxylic acids is 2. The summed E-state index contributed by atoms with van der Waals surface area (Å²) < 4.78 is 5.34. The Kier molecular flexibility index (Phi) is 4.72. The summed E-state index contributed by atoms with van der Waals surface area (Å²) in [5.74, 6) is 0.206. The fourth-order valence-corrected chi connectivity index (χ4v) is 4.04. The van der Waals surface area contributed by atoms with Gasteiger partial charge < -0.3 is 15.0 Å². The van der Waals surface area contributed by atoms with Crippen LogP contribution >= 0.6 is 0 Å². The van der Waals surface area contributed by atoms with Crippen LogP contribution in [0, 0.1) is 0 Å². The summed E-state index contributed by atoms with van der Waals surface area (Å²) in [6.07, 6.45) is 3.21. The molecule has 0 aliphatic carbocycles. The van der Waals surface area contributed by atoms with Crippen molar-refractivity contribution in [3.05, 3.63) is 28.8 Å². The van der Waals surface area contributed by atoms with Crippen molar-refractivity contribution in [3.8, 4) is 0 Å². The van der Waals surface area contributed by atoms with Crippen LogP contribution in [-0.4, -0.2) is 62.7 Å². The van der Waals surface area contributed by atoms with Crippen molar-refractivity contribution < 1.29 is 14.3 Å². The lowest BCUT2D eigenvalue weighted by molar-refractivity contribution is -0.119. The summed E-state index contributed by atoms with van der Waals surface area (Å²) in [4.78, 5) is 28.9.